The standard InChI is InChI=1S/C23H30FN3O5.OS/c1-11(2)21-20-12(3)19(17(29)9-14(28)10-18(30)31)16-8-13(24)6-7-15(16)22(20)26-23(25-21)27(4)32-5;1-2/h6-8,11-12,14,17,19,28-29H,9-10H2,1-5H3,(H,30,31);/t12?,14-,17+,19-;/m1./s1. The summed E-state index contributed by atoms with van der Waals surface area (Å²) in [7, 11) is 3.21. The number of aromatic nitrogens is 2. The number of carboxylic acid groups (broad SMARTS) is 1. The van der Waals surface area contributed by atoms with Crippen LogP contribution in [0.1, 0.15) is 68.2 Å². The van der Waals surface area contributed by atoms with E-state index >= 15 is 0 Å². The molecule has 1 aliphatic rings. The summed E-state index contributed by atoms with van der Waals surface area (Å²) in [6.45, 7) is 5.93. The molecule has 11 heteroatoms. The zero-order valence-corrected chi connectivity index (χ0v) is 20.5. The highest BCUT2D eigenvalue weighted by molar-refractivity contribution is 7.44. The Hall–Kier alpha value is -2.60. The second-order valence-corrected chi connectivity index (χ2v) is 8.61. The monoisotopic (exact) mass is 495 g/mol. The molecule has 3 rings (SSSR count). The SMILES string of the molecule is CON(C)c1nc2c(c(C(C)C)n1)C(C)[C@@H]([C@@H](O)C[C@@H](O)CC(=O)O)c1cc(F)ccc1-2.O=S. The molecule has 0 spiro atoms. The lowest BCUT2D eigenvalue weighted by molar-refractivity contribution is -0.139. The molecule has 1 aliphatic carbocycles. The number of benzene rings is 1. The van der Waals surface area contributed by atoms with Crippen LogP contribution in [0.5, 0.6) is 0 Å². The van der Waals surface area contributed by atoms with Gasteiger partial charge in [-0.05, 0) is 35.6 Å². The van der Waals surface area contributed by atoms with Crippen LogP contribution < -0.4 is 5.06 Å². The average Bonchev–Trinajstić information content (AvgIpc) is 2.78. The van der Waals surface area contributed by atoms with E-state index < -0.39 is 36.3 Å². The maximum Gasteiger partial charge on any atom is 0.305 e. The molecule has 0 fully saturated rings. The molecule has 186 valence electrons. The highest BCUT2D eigenvalue weighted by Crippen LogP contribution is 2.50. The van der Waals surface area contributed by atoms with Gasteiger partial charge in [-0.25, -0.2) is 19.4 Å². The fourth-order valence-electron chi connectivity index (χ4n) is 4.52. The molecule has 34 heavy (non-hydrogen) atoms. The molecule has 4 atom stereocenters. The summed E-state index contributed by atoms with van der Waals surface area (Å²) in [6, 6.07) is 4.36. The van der Waals surface area contributed by atoms with Gasteiger partial charge in [0, 0.05) is 30.5 Å². The molecule has 0 bridgehead atoms. The van der Waals surface area contributed by atoms with Crippen LogP contribution in [0.25, 0.3) is 11.3 Å². The Kier molecular flexibility index (Phi) is 9.51. The van der Waals surface area contributed by atoms with E-state index in [-0.39, 0.29) is 18.3 Å². The molecule has 0 radical (unpaired) electrons. The van der Waals surface area contributed by atoms with Gasteiger partial charge in [0.1, 0.15) is 5.82 Å². The minimum Gasteiger partial charge on any atom is -0.481 e. The van der Waals surface area contributed by atoms with Crippen molar-refractivity contribution < 1.29 is 33.6 Å². The van der Waals surface area contributed by atoms with E-state index in [1.165, 1.54) is 24.3 Å². The Balaban J connectivity index is 0.00000199. The van der Waals surface area contributed by atoms with Crippen molar-refractivity contribution in [3.63, 3.8) is 0 Å². The Bertz CT molecular complexity index is 1020. The first kappa shape index (κ1) is 27.6. The predicted molar refractivity (Wildman–Crippen MR) is 125 cm³/mol. The fourth-order valence-corrected chi connectivity index (χ4v) is 4.52. The number of hydrogen-bond donors (Lipinski definition) is 3. The van der Waals surface area contributed by atoms with Crippen LogP contribution in [0.3, 0.4) is 0 Å². The van der Waals surface area contributed by atoms with Gasteiger partial charge in [0.25, 0.3) is 0 Å². The Labute approximate surface area is 203 Å². The second kappa shape index (κ2) is 11.7. The van der Waals surface area contributed by atoms with Crippen LogP contribution in [0.4, 0.5) is 10.3 Å². The van der Waals surface area contributed by atoms with Crippen LogP contribution in [0, 0.1) is 5.82 Å². The predicted octanol–water partition coefficient (Wildman–Crippen LogP) is 2.85. The number of aliphatic hydroxyl groups excluding tert-OH is 2. The molecule has 0 amide bonds. The molecule has 1 aromatic heterocycles. The summed E-state index contributed by atoms with van der Waals surface area (Å²) in [5, 5.41) is 31.6. The Morgan fingerprint density at radius 1 is 1.26 bits per heavy atom. The van der Waals surface area contributed by atoms with Crippen molar-refractivity contribution in [2.75, 3.05) is 19.2 Å². The number of hydroxylamine groups is 1. The van der Waals surface area contributed by atoms with E-state index in [4.69, 9.17) is 24.1 Å². The van der Waals surface area contributed by atoms with Gasteiger partial charge >= 0.3 is 5.97 Å². The number of hydrogen-bond acceptors (Lipinski definition) is 9. The zero-order valence-electron chi connectivity index (χ0n) is 19.7. The Morgan fingerprint density at radius 2 is 1.91 bits per heavy atom. The van der Waals surface area contributed by atoms with Crippen molar-refractivity contribution in [3.05, 3.63) is 40.8 Å². The number of rotatable bonds is 8. The summed E-state index contributed by atoms with van der Waals surface area (Å²) in [5.74, 6) is -2.06. The van der Waals surface area contributed by atoms with Crippen molar-refractivity contribution in [3.8, 4) is 11.3 Å². The number of carbonyl (C=O) groups is 1. The molecular formula is C23H30FN3O6S. The van der Waals surface area contributed by atoms with E-state index in [9.17, 15) is 19.4 Å². The third kappa shape index (κ3) is 5.72. The summed E-state index contributed by atoms with van der Waals surface area (Å²) in [6.07, 6.45) is -2.92. The molecule has 3 N–H and O–H groups in total. The molecule has 2 aromatic rings. The smallest absolute Gasteiger partial charge is 0.305 e. The molecule has 0 saturated carbocycles. The van der Waals surface area contributed by atoms with Crippen molar-refractivity contribution >= 4 is 24.5 Å². The minimum atomic E-state index is -1.22. The average molecular weight is 496 g/mol. The third-order valence-electron chi connectivity index (χ3n) is 6.03. The highest BCUT2D eigenvalue weighted by Gasteiger charge is 2.40. The van der Waals surface area contributed by atoms with Crippen molar-refractivity contribution in [1.29, 1.82) is 0 Å². The van der Waals surface area contributed by atoms with Crippen LogP contribution in [-0.2, 0) is 22.2 Å². The van der Waals surface area contributed by atoms with Crippen molar-refractivity contribution in [2.24, 2.45) is 0 Å². The molecule has 1 aromatic carbocycles. The topological polar surface area (TPSA) is 133 Å². The van der Waals surface area contributed by atoms with Crippen molar-refractivity contribution in [1.82, 2.24) is 9.97 Å². The van der Waals surface area contributed by atoms with Crippen molar-refractivity contribution in [2.45, 2.75) is 63.6 Å². The van der Waals surface area contributed by atoms with E-state index in [0.29, 0.717) is 22.8 Å². The normalized spacial score (nSPS) is 18.3. The summed E-state index contributed by atoms with van der Waals surface area (Å²) < 4.78 is 22.1. The summed E-state index contributed by atoms with van der Waals surface area (Å²) in [5.41, 5.74) is 3.54. The van der Waals surface area contributed by atoms with Gasteiger partial charge in [0.05, 0.1) is 37.1 Å². The number of aliphatic hydroxyl groups is 2. The third-order valence-corrected chi connectivity index (χ3v) is 6.03. The van der Waals surface area contributed by atoms with Gasteiger partial charge in [-0.2, -0.15) is 4.21 Å². The second-order valence-electron chi connectivity index (χ2n) is 8.61. The lowest BCUT2D eigenvalue weighted by Gasteiger charge is -2.38. The lowest BCUT2D eigenvalue weighted by Crippen LogP contribution is -2.32. The van der Waals surface area contributed by atoms with Crippen LogP contribution in [-0.4, -0.2) is 61.8 Å². The van der Waals surface area contributed by atoms with Gasteiger partial charge in [0.15, 0.2) is 12.5 Å². The largest absolute Gasteiger partial charge is 0.481 e. The van der Waals surface area contributed by atoms with Crippen LogP contribution in [0.15, 0.2) is 18.2 Å². The number of fused-ring (bicyclic) bond motifs is 3. The minimum absolute atomic E-state index is 0.0376. The molecule has 9 nitrogen and oxygen atoms in total. The molecular weight excluding hydrogens is 465 g/mol. The number of anilines is 1. The van der Waals surface area contributed by atoms with E-state index in [1.54, 1.807) is 13.1 Å². The quantitative estimate of drug-likeness (QED) is 0.470. The maximum atomic E-state index is 14.3. The first-order valence-corrected chi connectivity index (χ1v) is 11.1. The van der Waals surface area contributed by atoms with Gasteiger partial charge < -0.3 is 15.3 Å². The van der Waals surface area contributed by atoms with Gasteiger partial charge in [-0.1, -0.05) is 20.8 Å². The zero-order chi connectivity index (χ0) is 25.7. The lowest BCUT2D eigenvalue weighted by atomic mass is 9.69. The molecule has 0 saturated heterocycles. The van der Waals surface area contributed by atoms with E-state index in [0.717, 1.165) is 11.3 Å². The highest BCUT2D eigenvalue weighted by atomic mass is 32.1. The number of halogens is 1. The molecule has 1 heterocycles. The summed E-state index contributed by atoms with van der Waals surface area (Å²) in [4.78, 5) is 25.6. The number of carboxylic acids is 1. The number of nitrogens with zero attached hydrogens (tertiary/aromatic N) is 3. The number of aliphatic carboxylic acids is 1. The van der Waals surface area contributed by atoms with Gasteiger partial charge in [-0.15, -0.1) is 0 Å². The van der Waals surface area contributed by atoms with Crippen LogP contribution >= 0.6 is 0 Å². The fraction of sp³-hybridized carbons (Fsp3) is 0.522. The van der Waals surface area contributed by atoms with E-state index in [2.05, 4.69) is 12.5 Å². The molecule has 0 aliphatic heterocycles. The van der Waals surface area contributed by atoms with Crippen LogP contribution in [0.2, 0.25) is 0 Å². The van der Waals surface area contributed by atoms with E-state index in [1.807, 2.05) is 20.8 Å². The first-order chi connectivity index (χ1) is 16.0. The molecule has 1 unspecified atom stereocenters. The first-order valence-electron chi connectivity index (χ1n) is 10.8. The maximum absolute atomic E-state index is 14.3. The summed E-state index contributed by atoms with van der Waals surface area (Å²) >= 11 is 2.83. The van der Waals surface area contributed by atoms with Gasteiger partial charge in [-0.3, -0.25) is 9.63 Å². The van der Waals surface area contributed by atoms with Gasteiger partial charge in [0.2, 0.25) is 5.95 Å². The Morgan fingerprint density at radius 3 is 2.47 bits per heavy atom.